The van der Waals surface area contributed by atoms with Gasteiger partial charge in [0.05, 0.1) is 12.2 Å². The molecule has 0 aromatic carbocycles. The fourth-order valence-electron chi connectivity index (χ4n) is 1.12. The zero-order chi connectivity index (χ0) is 9.90. The van der Waals surface area contributed by atoms with Gasteiger partial charge in [0.2, 0.25) is 0 Å². The first-order valence-corrected chi connectivity index (χ1v) is 4.87. The van der Waals surface area contributed by atoms with Crippen molar-refractivity contribution >= 4 is 5.97 Å². The zero-order valence-corrected chi connectivity index (χ0v) is 8.63. The van der Waals surface area contributed by atoms with Crippen molar-refractivity contribution in [3.05, 3.63) is 0 Å². The lowest BCUT2D eigenvalue weighted by Crippen LogP contribution is -2.28. The Balaban J connectivity index is 2.23. The van der Waals surface area contributed by atoms with Crippen LogP contribution in [0.5, 0.6) is 0 Å². The summed E-state index contributed by atoms with van der Waals surface area (Å²) in [5, 5.41) is 0. The summed E-state index contributed by atoms with van der Waals surface area (Å²) in [5.74, 6) is -0.0945. The smallest absolute Gasteiger partial charge is 0.306 e. The van der Waals surface area contributed by atoms with E-state index in [-0.39, 0.29) is 17.7 Å². The topological polar surface area (TPSA) is 35.5 Å². The van der Waals surface area contributed by atoms with Crippen LogP contribution in [0.3, 0.4) is 0 Å². The summed E-state index contributed by atoms with van der Waals surface area (Å²) in [6, 6.07) is 0. The van der Waals surface area contributed by atoms with Gasteiger partial charge in [-0.2, -0.15) is 0 Å². The van der Waals surface area contributed by atoms with Crippen LogP contribution in [0, 0.1) is 0 Å². The maximum atomic E-state index is 10.8. The Morgan fingerprint density at radius 2 is 2.31 bits per heavy atom. The Morgan fingerprint density at radius 3 is 2.77 bits per heavy atom. The van der Waals surface area contributed by atoms with E-state index in [0.29, 0.717) is 13.0 Å². The lowest BCUT2D eigenvalue weighted by Gasteiger charge is -2.24. The third-order valence-electron chi connectivity index (χ3n) is 2.48. The molecule has 1 heterocycles. The minimum Gasteiger partial charge on any atom is -0.460 e. The molecule has 1 atom stereocenters. The van der Waals surface area contributed by atoms with E-state index in [1.54, 1.807) is 0 Å². The summed E-state index contributed by atoms with van der Waals surface area (Å²) in [5.41, 5.74) is -0.102. The number of esters is 1. The van der Waals surface area contributed by atoms with E-state index in [1.165, 1.54) is 0 Å². The number of ether oxygens (including phenoxy) is 2. The van der Waals surface area contributed by atoms with E-state index < -0.39 is 0 Å². The molecule has 13 heavy (non-hydrogen) atoms. The summed E-state index contributed by atoms with van der Waals surface area (Å²) < 4.78 is 10.7. The summed E-state index contributed by atoms with van der Waals surface area (Å²) in [6.07, 6.45) is 2.30. The Bertz CT molecular complexity index is 187. The van der Waals surface area contributed by atoms with Crippen LogP contribution in [-0.4, -0.2) is 24.3 Å². The molecule has 0 aromatic heterocycles. The average molecular weight is 186 g/mol. The number of cyclic esters (lactones) is 1. The predicted molar refractivity (Wildman–Crippen MR) is 49.4 cm³/mol. The first-order valence-electron chi connectivity index (χ1n) is 4.87. The SMILES string of the molecule is CCC(C)(C)OC[C@@H]1CCC(=O)O1. The lowest BCUT2D eigenvalue weighted by molar-refractivity contribution is -0.146. The van der Waals surface area contributed by atoms with Gasteiger partial charge in [-0.05, 0) is 26.7 Å². The van der Waals surface area contributed by atoms with E-state index in [9.17, 15) is 4.79 Å². The molecule has 1 fully saturated rings. The molecule has 0 aromatic rings. The number of carbonyl (C=O) groups excluding carboxylic acids is 1. The van der Waals surface area contributed by atoms with Gasteiger partial charge >= 0.3 is 5.97 Å². The second kappa shape index (κ2) is 4.09. The van der Waals surface area contributed by atoms with Crippen LogP contribution in [0.1, 0.15) is 40.0 Å². The molecule has 76 valence electrons. The molecule has 0 aliphatic carbocycles. The standard InChI is InChI=1S/C10H18O3/c1-4-10(2,3)12-7-8-5-6-9(11)13-8/h8H,4-7H2,1-3H3/t8-/m0/s1. The monoisotopic (exact) mass is 186 g/mol. The molecule has 0 N–H and O–H groups in total. The van der Waals surface area contributed by atoms with Gasteiger partial charge < -0.3 is 9.47 Å². The lowest BCUT2D eigenvalue weighted by atomic mass is 10.1. The number of carbonyl (C=O) groups is 1. The number of rotatable bonds is 4. The van der Waals surface area contributed by atoms with Gasteiger partial charge in [0.1, 0.15) is 6.10 Å². The van der Waals surface area contributed by atoms with Gasteiger partial charge in [-0.15, -0.1) is 0 Å². The highest BCUT2D eigenvalue weighted by atomic mass is 16.6. The molecule has 3 nitrogen and oxygen atoms in total. The van der Waals surface area contributed by atoms with Crippen molar-refractivity contribution in [2.75, 3.05) is 6.61 Å². The maximum Gasteiger partial charge on any atom is 0.306 e. The van der Waals surface area contributed by atoms with Crippen LogP contribution in [-0.2, 0) is 14.3 Å². The Labute approximate surface area is 79.4 Å². The van der Waals surface area contributed by atoms with Gasteiger partial charge in [0.15, 0.2) is 0 Å². The van der Waals surface area contributed by atoms with Crippen LogP contribution in [0.4, 0.5) is 0 Å². The third kappa shape index (κ3) is 3.35. The first-order chi connectivity index (χ1) is 6.03. The fourth-order valence-corrected chi connectivity index (χ4v) is 1.12. The summed E-state index contributed by atoms with van der Waals surface area (Å²) >= 11 is 0. The van der Waals surface area contributed by atoms with Gasteiger partial charge in [-0.3, -0.25) is 4.79 Å². The van der Waals surface area contributed by atoms with Crippen molar-refractivity contribution in [3.63, 3.8) is 0 Å². The molecular weight excluding hydrogens is 168 g/mol. The summed E-state index contributed by atoms with van der Waals surface area (Å²) in [7, 11) is 0. The largest absolute Gasteiger partial charge is 0.460 e. The molecule has 1 rings (SSSR count). The molecule has 1 aliphatic rings. The number of hydrogen-bond donors (Lipinski definition) is 0. The predicted octanol–water partition coefficient (Wildman–Crippen LogP) is 1.90. The fraction of sp³-hybridized carbons (Fsp3) is 0.900. The molecule has 1 aliphatic heterocycles. The van der Waals surface area contributed by atoms with Crippen LogP contribution in [0.15, 0.2) is 0 Å². The van der Waals surface area contributed by atoms with E-state index in [4.69, 9.17) is 9.47 Å². The van der Waals surface area contributed by atoms with Crippen molar-refractivity contribution < 1.29 is 14.3 Å². The van der Waals surface area contributed by atoms with E-state index in [2.05, 4.69) is 6.92 Å². The van der Waals surface area contributed by atoms with E-state index in [1.807, 2.05) is 13.8 Å². The number of hydrogen-bond acceptors (Lipinski definition) is 3. The Morgan fingerprint density at radius 1 is 1.62 bits per heavy atom. The molecule has 0 spiro atoms. The van der Waals surface area contributed by atoms with Crippen LogP contribution >= 0.6 is 0 Å². The molecule has 0 radical (unpaired) electrons. The highest BCUT2D eigenvalue weighted by Crippen LogP contribution is 2.19. The molecule has 3 heteroatoms. The highest BCUT2D eigenvalue weighted by molar-refractivity contribution is 5.71. The van der Waals surface area contributed by atoms with Gasteiger partial charge in [0.25, 0.3) is 0 Å². The molecule has 0 unspecified atom stereocenters. The Hall–Kier alpha value is -0.570. The quantitative estimate of drug-likeness (QED) is 0.629. The normalized spacial score (nSPS) is 23.3. The summed E-state index contributed by atoms with van der Waals surface area (Å²) in [4.78, 5) is 10.8. The highest BCUT2D eigenvalue weighted by Gasteiger charge is 2.26. The minimum absolute atomic E-state index is 0.0154. The minimum atomic E-state index is -0.102. The summed E-state index contributed by atoms with van der Waals surface area (Å²) in [6.45, 7) is 6.71. The van der Waals surface area contributed by atoms with Gasteiger partial charge in [-0.25, -0.2) is 0 Å². The van der Waals surface area contributed by atoms with Crippen LogP contribution in [0.2, 0.25) is 0 Å². The van der Waals surface area contributed by atoms with Crippen molar-refractivity contribution in [3.8, 4) is 0 Å². The molecule has 0 saturated carbocycles. The second-order valence-corrected chi connectivity index (χ2v) is 4.07. The molecule has 0 bridgehead atoms. The molecule has 1 saturated heterocycles. The second-order valence-electron chi connectivity index (χ2n) is 4.07. The molecule has 0 amide bonds. The van der Waals surface area contributed by atoms with Crippen LogP contribution < -0.4 is 0 Å². The van der Waals surface area contributed by atoms with Crippen molar-refractivity contribution in [2.24, 2.45) is 0 Å². The van der Waals surface area contributed by atoms with Gasteiger partial charge in [0, 0.05) is 6.42 Å². The third-order valence-corrected chi connectivity index (χ3v) is 2.48. The van der Waals surface area contributed by atoms with Crippen molar-refractivity contribution in [2.45, 2.75) is 51.7 Å². The zero-order valence-electron chi connectivity index (χ0n) is 8.63. The van der Waals surface area contributed by atoms with E-state index >= 15 is 0 Å². The average Bonchev–Trinajstić information content (AvgIpc) is 2.48. The maximum absolute atomic E-state index is 10.8. The van der Waals surface area contributed by atoms with E-state index in [0.717, 1.165) is 12.8 Å². The van der Waals surface area contributed by atoms with Crippen molar-refractivity contribution in [1.82, 2.24) is 0 Å². The van der Waals surface area contributed by atoms with Gasteiger partial charge in [-0.1, -0.05) is 6.92 Å². The van der Waals surface area contributed by atoms with Crippen molar-refractivity contribution in [1.29, 1.82) is 0 Å². The Kier molecular flexibility index (Phi) is 3.31. The first kappa shape index (κ1) is 10.5. The molecular formula is C10H18O3. The van der Waals surface area contributed by atoms with Crippen LogP contribution in [0.25, 0.3) is 0 Å².